The third-order valence-electron chi connectivity index (χ3n) is 0.849. The third kappa shape index (κ3) is 6.50. The minimum absolute atomic E-state index is 0.121. The van der Waals surface area contributed by atoms with Gasteiger partial charge in [0.25, 0.3) is 0 Å². The van der Waals surface area contributed by atoms with E-state index in [1.807, 2.05) is 0 Å². The van der Waals surface area contributed by atoms with Crippen LogP contribution in [-0.2, 0) is 18.8 Å². The lowest BCUT2D eigenvalue weighted by molar-refractivity contribution is 0.161. The summed E-state index contributed by atoms with van der Waals surface area (Å²) < 4.78 is 29.6. The second-order valence-electron chi connectivity index (χ2n) is 1.85. The van der Waals surface area contributed by atoms with E-state index in [9.17, 15) is 8.42 Å². The van der Waals surface area contributed by atoms with Crippen LogP contribution < -0.4 is 0 Å². The first-order valence-electron chi connectivity index (χ1n) is 3.38. The number of aliphatic hydroxyl groups is 2. The van der Waals surface area contributed by atoms with Crippen molar-refractivity contribution < 1.29 is 27.0 Å². The molecular formula is C5H12O6S. The number of hydrogen-bond acceptors (Lipinski definition) is 6. The lowest BCUT2D eigenvalue weighted by Gasteiger charge is -2.02. The fourth-order valence-electron chi connectivity index (χ4n) is 0.399. The Balaban J connectivity index is 3.58. The van der Waals surface area contributed by atoms with E-state index >= 15 is 0 Å². The first-order chi connectivity index (χ1) is 5.62. The standard InChI is InChI=1S/C5H12O6S/c6-2-1-4-10-12(8,9)11-5-3-7/h6-7H,1-5H2. The van der Waals surface area contributed by atoms with E-state index in [1.165, 1.54) is 0 Å². The summed E-state index contributed by atoms with van der Waals surface area (Å²) in [7, 11) is -3.99. The summed E-state index contributed by atoms with van der Waals surface area (Å²) >= 11 is 0. The summed E-state index contributed by atoms with van der Waals surface area (Å²) in [6.45, 7) is -0.968. The Kier molecular flexibility index (Phi) is 6.21. The lowest BCUT2D eigenvalue weighted by Crippen LogP contribution is -2.13. The average molecular weight is 200 g/mol. The van der Waals surface area contributed by atoms with Gasteiger partial charge in [-0.15, -0.1) is 0 Å². The molecule has 0 rings (SSSR count). The molecule has 0 saturated heterocycles. The summed E-state index contributed by atoms with van der Waals surface area (Å²) in [4.78, 5) is 0. The van der Waals surface area contributed by atoms with Gasteiger partial charge in [0.15, 0.2) is 0 Å². The summed E-state index contributed by atoms with van der Waals surface area (Å²) in [5.41, 5.74) is 0. The molecule has 0 unspecified atom stereocenters. The highest BCUT2D eigenvalue weighted by atomic mass is 32.3. The molecule has 74 valence electrons. The zero-order chi connectivity index (χ0) is 9.45. The van der Waals surface area contributed by atoms with Gasteiger partial charge in [-0.05, 0) is 6.42 Å². The molecule has 0 aromatic heterocycles. The maximum atomic E-state index is 10.6. The summed E-state index contributed by atoms with van der Waals surface area (Å²) in [5.74, 6) is 0. The lowest BCUT2D eigenvalue weighted by atomic mass is 10.5. The van der Waals surface area contributed by atoms with Gasteiger partial charge in [-0.3, -0.25) is 0 Å². The van der Waals surface area contributed by atoms with Crippen LogP contribution in [0.5, 0.6) is 0 Å². The van der Waals surface area contributed by atoms with Crippen molar-refractivity contribution in [2.24, 2.45) is 0 Å². The fourth-order valence-corrected chi connectivity index (χ4v) is 1.07. The molecule has 0 spiro atoms. The largest absolute Gasteiger partial charge is 0.399 e. The van der Waals surface area contributed by atoms with Gasteiger partial charge >= 0.3 is 10.4 Å². The van der Waals surface area contributed by atoms with Crippen LogP contribution in [0.15, 0.2) is 0 Å². The zero-order valence-electron chi connectivity index (χ0n) is 6.47. The number of hydrogen-bond donors (Lipinski definition) is 2. The van der Waals surface area contributed by atoms with E-state index in [4.69, 9.17) is 10.2 Å². The average Bonchev–Trinajstić information content (AvgIpc) is 2.01. The Morgan fingerprint density at radius 2 is 1.58 bits per heavy atom. The second kappa shape index (κ2) is 6.32. The van der Waals surface area contributed by atoms with Crippen LogP contribution in [-0.4, -0.2) is 45.1 Å². The predicted octanol–water partition coefficient (Wildman–Crippen LogP) is -1.36. The fraction of sp³-hybridized carbons (Fsp3) is 1.00. The van der Waals surface area contributed by atoms with Gasteiger partial charge in [-0.25, -0.2) is 8.37 Å². The molecule has 2 N–H and O–H groups in total. The van der Waals surface area contributed by atoms with Gasteiger partial charge in [0.1, 0.15) is 0 Å². The van der Waals surface area contributed by atoms with Gasteiger partial charge in [-0.2, -0.15) is 8.42 Å². The smallest absolute Gasteiger partial charge is 0.396 e. The molecule has 0 saturated carbocycles. The van der Waals surface area contributed by atoms with Crippen LogP contribution in [0, 0.1) is 0 Å². The van der Waals surface area contributed by atoms with E-state index in [2.05, 4.69) is 8.37 Å². The van der Waals surface area contributed by atoms with Gasteiger partial charge in [0.2, 0.25) is 0 Å². The molecule has 0 amide bonds. The first kappa shape index (κ1) is 11.8. The molecule has 0 aromatic carbocycles. The van der Waals surface area contributed by atoms with E-state index in [0.29, 0.717) is 0 Å². The molecule has 6 nitrogen and oxygen atoms in total. The van der Waals surface area contributed by atoms with Gasteiger partial charge in [0.05, 0.1) is 19.8 Å². The molecular weight excluding hydrogens is 188 g/mol. The van der Waals surface area contributed by atoms with Gasteiger partial charge < -0.3 is 10.2 Å². The quantitative estimate of drug-likeness (QED) is 0.493. The Labute approximate surface area is 71.1 Å². The Morgan fingerprint density at radius 1 is 1.00 bits per heavy atom. The molecule has 0 aliphatic heterocycles. The topological polar surface area (TPSA) is 93.1 Å². The Morgan fingerprint density at radius 3 is 2.08 bits per heavy atom. The monoisotopic (exact) mass is 200 g/mol. The van der Waals surface area contributed by atoms with Crippen molar-refractivity contribution in [3.05, 3.63) is 0 Å². The van der Waals surface area contributed by atoms with Crippen molar-refractivity contribution in [1.82, 2.24) is 0 Å². The van der Waals surface area contributed by atoms with E-state index < -0.39 is 10.4 Å². The maximum absolute atomic E-state index is 10.6. The van der Waals surface area contributed by atoms with Crippen LogP contribution >= 0.6 is 0 Å². The van der Waals surface area contributed by atoms with E-state index in [-0.39, 0.29) is 32.8 Å². The zero-order valence-corrected chi connectivity index (χ0v) is 7.29. The van der Waals surface area contributed by atoms with Crippen molar-refractivity contribution >= 4 is 10.4 Å². The highest BCUT2D eigenvalue weighted by molar-refractivity contribution is 7.81. The Bertz CT molecular complexity index is 186. The Hall–Kier alpha value is -0.210. The summed E-state index contributed by atoms with van der Waals surface area (Å²) in [6.07, 6.45) is 0.224. The van der Waals surface area contributed by atoms with Crippen LogP contribution in [0.3, 0.4) is 0 Å². The first-order valence-corrected chi connectivity index (χ1v) is 4.71. The molecule has 0 aliphatic carbocycles. The third-order valence-corrected chi connectivity index (χ3v) is 1.76. The number of aliphatic hydroxyl groups excluding tert-OH is 2. The summed E-state index contributed by atoms with van der Waals surface area (Å²) in [6, 6.07) is 0. The molecule has 0 aromatic rings. The predicted molar refractivity (Wildman–Crippen MR) is 39.6 cm³/mol. The maximum Gasteiger partial charge on any atom is 0.399 e. The second-order valence-corrected chi connectivity index (χ2v) is 3.14. The molecule has 0 aliphatic rings. The summed E-state index contributed by atoms with van der Waals surface area (Å²) in [5, 5.41) is 16.5. The van der Waals surface area contributed by atoms with Crippen molar-refractivity contribution in [3.63, 3.8) is 0 Å². The minimum atomic E-state index is -3.99. The van der Waals surface area contributed by atoms with Crippen molar-refractivity contribution in [1.29, 1.82) is 0 Å². The van der Waals surface area contributed by atoms with Crippen LogP contribution in [0.4, 0.5) is 0 Å². The van der Waals surface area contributed by atoms with Crippen molar-refractivity contribution in [2.75, 3.05) is 26.4 Å². The minimum Gasteiger partial charge on any atom is -0.396 e. The van der Waals surface area contributed by atoms with Gasteiger partial charge in [-0.1, -0.05) is 0 Å². The molecule has 12 heavy (non-hydrogen) atoms. The van der Waals surface area contributed by atoms with Crippen molar-refractivity contribution in [3.8, 4) is 0 Å². The molecule has 0 fully saturated rings. The normalized spacial score (nSPS) is 11.8. The molecule has 0 heterocycles. The highest BCUT2D eigenvalue weighted by Gasteiger charge is 2.10. The molecule has 7 heteroatoms. The molecule has 0 atom stereocenters. The van der Waals surface area contributed by atoms with E-state index in [0.717, 1.165) is 0 Å². The molecule has 0 bridgehead atoms. The van der Waals surface area contributed by atoms with Gasteiger partial charge in [0, 0.05) is 6.61 Å². The van der Waals surface area contributed by atoms with Crippen molar-refractivity contribution in [2.45, 2.75) is 6.42 Å². The highest BCUT2D eigenvalue weighted by Crippen LogP contribution is 1.96. The SMILES string of the molecule is O=S(=O)(OCCO)OCCCO. The number of rotatable bonds is 7. The molecule has 0 radical (unpaired) electrons. The van der Waals surface area contributed by atoms with Crippen LogP contribution in [0.1, 0.15) is 6.42 Å². The van der Waals surface area contributed by atoms with Crippen LogP contribution in [0.25, 0.3) is 0 Å². The van der Waals surface area contributed by atoms with E-state index in [1.54, 1.807) is 0 Å². The van der Waals surface area contributed by atoms with Crippen LogP contribution in [0.2, 0.25) is 0 Å².